The van der Waals surface area contributed by atoms with Crippen LogP contribution >= 0.6 is 48.0 Å². The molecule has 0 atom stereocenters. The van der Waals surface area contributed by atoms with Crippen molar-refractivity contribution < 1.29 is 18.3 Å². The minimum absolute atomic E-state index is 0. The van der Waals surface area contributed by atoms with Crippen molar-refractivity contribution in [3.05, 3.63) is 133 Å². The second-order valence-electron chi connectivity index (χ2n) is 14.3. The molecule has 2 aliphatic rings. The third-order valence-corrected chi connectivity index (χ3v) is 27.6. The van der Waals surface area contributed by atoms with E-state index in [2.05, 4.69) is 114 Å². The fourth-order valence-electron chi connectivity index (χ4n) is 7.29. The van der Waals surface area contributed by atoms with Crippen molar-refractivity contribution in [1.82, 2.24) is 0 Å². The molecule has 0 nitrogen and oxygen atoms in total. The van der Waals surface area contributed by atoms with Gasteiger partial charge in [0, 0.05) is 0 Å². The number of hydrogen-bond donors (Lipinski definition) is 0. The van der Waals surface area contributed by atoms with E-state index in [1.165, 1.54) is 39.9 Å². The van der Waals surface area contributed by atoms with Crippen molar-refractivity contribution in [1.29, 1.82) is 0 Å². The summed E-state index contributed by atoms with van der Waals surface area (Å²) in [5, 5.41) is 1.54. The molecular weight excluding hydrogens is 701 g/mol. The molecular formula is C39H42Cl4Zr. The Kier molecular flexibility index (Phi) is 9.69. The number of fused-ring (bicyclic) bond motifs is 3. The Bertz CT molecular complexity index is 1830. The van der Waals surface area contributed by atoms with Crippen LogP contribution in [0.25, 0.3) is 11.1 Å². The quantitative estimate of drug-likeness (QED) is 0.172. The molecule has 4 aromatic carbocycles. The fraction of sp³-hybridized carbons (Fsp3) is 0.256. The standard InChI is InChI=1S/C21H25.2C6H4Cl.C5H5.CH2.2ClH.Zr/c1-20(2,3)16-9-7-14-11-15-8-10-17(21(4,5)6)13-19(15)18(14)12-16;2*7-6-4-2-1-3-5-6;1-2-4-5-3-1;;;;/h7,9-10,12-13H,11H2,1-6H3;2*1-4H;1-3H,4H2;1H2;2*1H;. The van der Waals surface area contributed by atoms with Gasteiger partial charge >= 0.3 is 265 Å². The van der Waals surface area contributed by atoms with Crippen LogP contribution < -0.4 is 9.81 Å². The van der Waals surface area contributed by atoms with Gasteiger partial charge in [-0.25, -0.2) is 0 Å². The van der Waals surface area contributed by atoms with Gasteiger partial charge in [-0.2, -0.15) is 0 Å². The summed E-state index contributed by atoms with van der Waals surface area (Å²) in [5.41, 5.74) is 8.14. The van der Waals surface area contributed by atoms with Gasteiger partial charge in [-0.15, -0.1) is 24.8 Å². The Morgan fingerprint density at radius 3 is 1.70 bits per heavy atom. The molecule has 0 spiro atoms. The molecule has 0 fully saturated rings. The summed E-state index contributed by atoms with van der Waals surface area (Å²) in [5.74, 6) is 0. The number of benzene rings is 4. The van der Waals surface area contributed by atoms with Crippen LogP contribution in [-0.2, 0) is 35.5 Å². The van der Waals surface area contributed by atoms with Crippen molar-refractivity contribution in [3.8, 4) is 11.1 Å². The van der Waals surface area contributed by atoms with Crippen molar-refractivity contribution in [2.24, 2.45) is 0 Å². The van der Waals surface area contributed by atoms with Crippen molar-refractivity contribution >= 4 is 62.0 Å². The van der Waals surface area contributed by atoms with Crippen LogP contribution in [0.2, 0.25) is 10.0 Å². The second-order valence-corrected chi connectivity index (χ2v) is 27.9. The first-order valence-corrected chi connectivity index (χ1v) is 22.4. The van der Waals surface area contributed by atoms with Gasteiger partial charge in [0.2, 0.25) is 0 Å². The molecule has 0 aliphatic heterocycles. The molecule has 0 bridgehead atoms. The average Bonchev–Trinajstić information content (AvgIpc) is 3.60. The summed E-state index contributed by atoms with van der Waals surface area (Å²) >= 11 is 9.53. The monoisotopic (exact) mass is 740 g/mol. The topological polar surface area (TPSA) is 0 Å². The molecule has 4 aromatic rings. The molecule has 230 valence electrons. The number of hydrogen-bond acceptors (Lipinski definition) is 0. The average molecular weight is 744 g/mol. The van der Waals surface area contributed by atoms with E-state index in [-0.39, 0.29) is 35.6 Å². The molecule has 0 radical (unpaired) electrons. The normalized spacial score (nSPS) is 14.3. The SMILES string of the molecule is Cl.Cl.[CH2]=[Zr]([C]1=CC=CC1)([c]1ccccc1Cl)([c]1ccccc1Cl)[c]1cc(C(C)(C)C)cc2c1Cc1ccc(C(C)(C)C)cc1-2. The van der Waals surface area contributed by atoms with E-state index in [4.69, 9.17) is 27.4 Å². The Morgan fingerprint density at radius 2 is 1.20 bits per heavy atom. The molecule has 0 saturated carbocycles. The number of rotatable bonds is 4. The zero-order chi connectivity index (χ0) is 30.1. The van der Waals surface area contributed by atoms with Crippen LogP contribution in [0.4, 0.5) is 0 Å². The summed E-state index contributed by atoms with van der Waals surface area (Å²) in [4.78, 5) is 0. The van der Waals surface area contributed by atoms with Crippen LogP contribution in [-0.4, -0.2) is 4.21 Å². The van der Waals surface area contributed by atoms with Gasteiger partial charge < -0.3 is 0 Å². The van der Waals surface area contributed by atoms with Gasteiger partial charge in [-0.1, -0.05) is 0 Å². The molecule has 2 aliphatic carbocycles. The second kappa shape index (κ2) is 12.1. The minimum atomic E-state index is -5.05. The van der Waals surface area contributed by atoms with Gasteiger partial charge in [0.15, 0.2) is 0 Å². The van der Waals surface area contributed by atoms with Crippen LogP contribution in [0.1, 0.15) is 70.2 Å². The molecule has 0 aromatic heterocycles. The van der Waals surface area contributed by atoms with Crippen molar-refractivity contribution in [2.75, 3.05) is 0 Å². The maximum absolute atomic E-state index is 7.29. The van der Waals surface area contributed by atoms with Crippen molar-refractivity contribution in [2.45, 2.75) is 65.2 Å². The third-order valence-electron chi connectivity index (χ3n) is 9.76. The van der Waals surface area contributed by atoms with Gasteiger partial charge in [0.1, 0.15) is 0 Å². The van der Waals surface area contributed by atoms with Crippen LogP contribution in [0.3, 0.4) is 0 Å². The van der Waals surface area contributed by atoms with E-state index in [0.717, 1.165) is 29.4 Å². The summed E-state index contributed by atoms with van der Waals surface area (Å²) in [6, 6.07) is 28.9. The van der Waals surface area contributed by atoms with Gasteiger partial charge in [-0.3, -0.25) is 0 Å². The molecule has 6 rings (SSSR count). The zero-order valence-corrected chi connectivity index (χ0v) is 32.0. The number of halogens is 4. The Hall–Kier alpha value is -1.73. The Balaban J connectivity index is 0.00000221. The Labute approximate surface area is 287 Å². The molecule has 0 heterocycles. The first-order chi connectivity index (χ1) is 19.7. The summed E-state index contributed by atoms with van der Waals surface area (Å²) in [6.07, 6.45) is 8.50. The molecule has 44 heavy (non-hydrogen) atoms. The first kappa shape index (κ1) is 35.1. The van der Waals surface area contributed by atoms with Crippen LogP contribution in [0.15, 0.2) is 100 Å². The van der Waals surface area contributed by atoms with E-state index < -0.39 is 18.3 Å². The summed E-state index contributed by atoms with van der Waals surface area (Å²) in [7, 11) is 0. The van der Waals surface area contributed by atoms with Gasteiger partial charge in [0.25, 0.3) is 0 Å². The van der Waals surface area contributed by atoms with E-state index in [0.29, 0.717) is 0 Å². The Morgan fingerprint density at radius 1 is 0.659 bits per heavy atom. The molecule has 5 heteroatoms. The van der Waals surface area contributed by atoms with Crippen LogP contribution in [0.5, 0.6) is 0 Å². The van der Waals surface area contributed by atoms with Gasteiger partial charge in [-0.05, 0) is 0 Å². The van der Waals surface area contributed by atoms with E-state index in [1.54, 1.807) is 0 Å². The van der Waals surface area contributed by atoms with E-state index in [9.17, 15) is 0 Å². The molecule has 0 saturated heterocycles. The van der Waals surface area contributed by atoms with E-state index in [1.807, 2.05) is 24.3 Å². The molecule has 0 N–H and O–H groups in total. The molecule has 0 unspecified atom stereocenters. The summed E-state index contributed by atoms with van der Waals surface area (Å²) < 4.78 is 10.6. The third kappa shape index (κ3) is 5.30. The van der Waals surface area contributed by atoms with Gasteiger partial charge in [0.05, 0.1) is 0 Å². The predicted molar refractivity (Wildman–Crippen MR) is 197 cm³/mol. The van der Waals surface area contributed by atoms with Crippen molar-refractivity contribution in [3.63, 3.8) is 0 Å². The number of allylic oxidation sites excluding steroid dienone is 4. The van der Waals surface area contributed by atoms with Crippen LogP contribution in [0, 0.1) is 0 Å². The maximum atomic E-state index is 7.29. The summed E-state index contributed by atoms with van der Waals surface area (Å²) in [6.45, 7) is 13.8. The predicted octanol–water partition coefficient (Wildman–Crippen LogP) is 10.2. The molecule has 0 amide bonds. The fourth-order valence-corrected chi connectivity index (χ4v) is 25.9. The first-order valence-electron chi connectivity index (χ1n) is 15.0. The zero-order valence-electron chi connectivity index (χ0n) is 26.4. The van der Waals surface area contributed by atoms with E-state index >= 15 is 0 Å².